The van der Waals surface area contributed by atoms with Gasteiger partial charge in [-0.2, -0.15) is 0 Å². The molecule has 24 heavy (non-hydrogen) atoms. The first-order chi connectivity index (χ1) is 11.4. The summed E-state index contributed by atoms with van der Waals surface area (Å²) in [6.07, 6.45) is -0.409. The van der Waals surface area contributed by atoms with Crippen LogP contribution in [0.4, 0.5) is 0 Å². The molecule has 1 amide bonds. The summed E-state index contributed by atoms with van der Waals surface area (Å²) in [6, 6.07) is 6.75. The fraction of sp³-hybridized carbons (Fsp3) is 0.412. The van der Waals surface area contributed by atoms with Gasteiger partial charge < -0.3 is 14.8 Å². The Kier molecular flexibility index (Phi) is 7.10. The van der Waals surface area contributed by atoms with Gasteiger partial charge in [0, 0.05) is 5.56 Å². The maximum atomic E-state index is 12.6. The molecule has 0 atom stereocenters. The van der Waals surface area contributed by atoms with Crippen molar-refractivity contribution in [3.63, 3.8) is 0 Å². The van der Waals surface area contributed by atoms with Crippen molar-refractivity contribution in [3.05, 3.63) is 35.4 Å². The number of hydrogen-bond donors (Lipinski definition) is 1. The molecule has 1 rings (SSSR count). The molecule has 0 spiro atoms. The van der Waals surface area contributed by atoms with Crippen LogP contribution in [-0.2, 0) is 23.9 Å². The summed E-state index contributed by atoms with van der Waals surface area (Å²) in [5, 5.41) is 2.13. The van der Waals surface area contributed by atoms with Gasteiger partial charge in [0.1, 0.15) is 0 Å². The molecular formula is C17H21NO6. The zero-order chi connectivity index (χ0) is 18.2. The summed E-state index contributed by atoms with van der Waals surface area (Å²) in [6.45, 7) is 4.81. The quantitative estimate of drug-likeness (QED) is 0.315. The van der Waals surface area contributed by atoms with Crippen LogP contribution in [0.25, 0.3) is 0 Å². The SMILES string of the molecule is CCOC(=O)C(CC(=O)c1ccccc1C)(NC=O)C(=O)OCC. The number of carbonyl (C=O) groups is 4. The van der Waals surface area contributed by atoms with Crippen LogP contribution in [0.5, 0.6) is 0 Å². The second-order valence-corrected chi connectivity index (χ2v) is 5.02. The van der Waals surface area contributed by atoms with Crippen molar-refractivity contribution in [1.82, 2.24) is 5.32 Å². The van der Waals surface area contributed by atoms with Gasteiger partial charge in [0.15, 0.2) is 5.78 Å². The molecule has 0 unspecified atom stereocenters. The molecule has 0 heterocycles. The Hall–Kier alpha value is -2.70. The van der Waals surface area contributed by atoms with E-state index in [2.05, 4.69) is 5.32 Å². The monoisotopic (exact) mass is 335 g/mol. The highest BCUT2D eigenvalue weighted by Crippen LogP contribution is 2.21. The molecule has 0 fully saturated rings. The van der Waals surface area contributed by atoms with Crippen LogP contribution >= 0.6 is 0 Å². The van der Waals surface area contributed by atoms with E-state index in [-0.39, 0.29) is 19.6 Å². The maximum absolute atomic E-state index is 12.6. The van der Waals surface area contributed by atoms with Crippen LogP contribution in [0.15, 0.2) is 24.3 Å². The van der Waals surface area contributed by atoms with E-state index < -0.39 is 29.7 Å². The normalized spacial score (nSPS) is 10.6. The molecule has 0 saturated carbocycles. The number of Topliss-reactive ketones (excluding diaryl/α,β-unsaturated/α-hetero) is 1. The van der Waals surface area contributed by atoms with Crippen LogP contribution in [-0.4, -0.2) is 42.9 Å². The zero-order valence-corrected chi connectivity index (χ0v) is 14.0. The third-order valence-corrected chi connectivity index (χ3v) is 3.42. The standard InChI is InChI=1S/C17H21NO6/c1-4-23-15(21)17(18-11-19,16(22)24-5-2)10-14(20)13-9-7-6-8-12(13)3/h6-9,11H,4-5,10H2,1-3H3,(H,18,19). The first-order valence-corrected chi connectivity index (χ1v) is 7.57. The molecule has 130 valence electrons. The third kappa shape index (κ3) is 4.18. The van der Waals surface area contributed by atoms with E-state index >= 15 is 0 Å². The van der Waals surface area contributed by atoms with Gasteiger partial charge in [-0.25, -0.2) is 9.59 Å². The van der Waals surface area contributed by atoms with Crippen LogP contribution in [0.1, 0.15) is 36.2 Å². The van der Waals surface area contributed by atoms with E-state index in [1.807, 2.05) is 0 Å². The van der Waals surface area contributed by atoms with E-state index in [9.17, 15) is 19.2 Å². The fourth-order valence-electron chi connectivity index (χ4n) is 2.23. The summed E-state index contributed by atoms with van der Waals surface area (Å²) in [4.78, 5) is 48.2. The molecule has 0 radical (unpaired) electrons. The van der Waals surface area contributed by atoms with Gasteiger partial charge in [0.2, 0.25) is 11.9 Å². The van der Waals surface area contributed by atoms with E-state index in [0.29, 0.717) is 11.1 Å². The predicted octanol–water partition coefficient (Wildman–Crippen LogP) is 1.18. The molecular weight excluding hydrogens is 314 g/mol. The fourth-order valence-corrected chi connectivity index (χ4v) is 2.23. The largest absolute Gasteiger partial charge is 0.464 e. The zero-order valence-electron chi connectivity index (χ0n) is 14.0. The minimum Gasteiger partial charge on any atom is -0.464 e. The number of amides is 1. The van der Waals surface area contributed by atoms with Crippen LogP contribution in [0.2, 0.25) is 0 Å². The van der Waals surface area contributed by atoms with Crippen molar-refractivity contribution < 1.29 is 28.7 Å². The van der Waals surface area contributed by atoms with Crippen molar-refractivity contribution in [2.24, 2.45) is 0 Å². The molecule has 7 heteroatoms. The Labute approximate surface area is 140 Å². The number of ether oxygens (including phenoxy) is 2. The van der Waals surface area contributed by atoms with Crippen molar-refractivity contribution in [2.75, 3.05) is 13.2 Å². The van der Waals surface area contributed by atoms with Crippen LogP contribution in [0, 0.1) is 6.92 Å². The average Bonchev–Trinajstić information content (AvgIpc) is 2.55. The Morgan fingerprint density at radius 3 is 2.08 bits per heavy atom. The third-order valence-electron chi connectivity index (χ3n) is 3.42. The number of esters is 2. The number of nitrogens with one attached hydrogen (secondary N) is 1. The average molecular weight is 335 g/mol. The summed E-state index contributed by atoms with van der Waals surface area (Å²) in [5.74, 6) is -2.54. The van der Waals surface area contributed by atoms with Crippen LogP contribution < -0.4 is 5.32 Å². The first-order valence-electron chi connectivity index (χ1n) is 7.57. The predicted molar refractivity (Wildman–Crippen MR) is 85.3 cm³/mol. The highest BCUT2D eigenvalue weighted by atomic mass is 16.6. The lowest BCUT2D eigenvalue weighted by atomic mass is 9.89. The second kappa shape index (κ2) is 8.81. The Morgan fingerprint density at radius 2 is 1.62 bits per heavy atom. The highest BCUT2D eigenvalue weighted by Gasteiger charge is 2.50. The van der Waals surface area contributed by atoms with E-state index in [4.69, 9.17) is 9.47 Å². The summed E-state index contributed by atoms with van der Waals surface area (Å²) in [5.41, 5.74) is -1.16. The number of carbonyl (C=O) groups excluding carboxylic acids is 4. The van der Waals surface area contributed by atoms with Gasteiger partial charge >= 0.3 is 11.9 Å². The van der Waals surface area contributed by atoms with Gasteiger partial charge in [-0.05, 0) is 26.3 Å². The van der Waals surface area contributed by atoms with Gasteiger partial charge in [-0.3, -0.25) is 9.59 Å². The molecule has 7 nitrogen and oxygen atoms in total. The molecule has 0 bridgehead atoms. The Balaban J connectivity index is 3.27. The van der Waals surface area contributed by atoms with Crippen molar-refractivity contribution in [3.8, 4) is 0 Å². The molecule has 0 aliphatic heterocycles. The van der Waals surface area contributed by atoms with E-state index in [1.165, 1.54) is 0 Å². The lowest BCUT2D eigenvalue weighted by Crippen LogP contribution is -2.60. The smallest absolute Gasteiger partial charge is 0.344 e. The Bertz CT molecular complexity index is 607. The highest BCUT2D eigenvalue weighted by molar-refractivity contribution is 6.12. The number of hydrogen-bond acceptors (Lipinski definition) is 6. The molecule has 1 aromatic carbocycles. The second-order valence-electron chi connectivity index (χ2n) is 5.02. The van der Waals surface area contributed by atoms with Gasteiger partial charge in [-0.15, -0.1) is 0 Å². The minimum atomic E-state index is -2.20. The number of ketones is 1. The molecule has 0 aliphatic rings. The summed E-state index contributed by atoms with van der Waals surface area (Å²) in [7, 11) is 0. The molecule has 0 saturated heterocycles. The van der Waals surface area contributed by atoms with Gasteiger partial charge in [0.05, 0.1) is 19.6 Å². The first kappa shape index (κ1) is 19.3. The minimum absolute atomic E-state index is 0.0148. The van der Waals surface area contributed by atoms with Gasteiger partial charge in [0.25, 0.3) is 0 Å². The van der Waals surface area contributed by atoms with Crippen molar-refractivity contribution in [2.45, 2.75) is 32.7 Å². The molecule has 1 N–H and O–H groups in total. The Morgan fingerprint density at radius 1 is 1.08 bits per heavy atom. The van der Waals surface area contributed by atoms with E-state index in [0.717, 1.165) is 0 Å². The maximum Gasteiger partial charge on any atom is 0.344 e. The lowest BCUT2D eigenvalue weighted by Gasteiger charge is -2.28. The van der Waals surface area contributed by atoms with Crippen molar-refractivity contribution in [1.29, 1.82) is 0 Å². The van der Waals surface area contributed by atoms with Crippen LogP contribution in [0.3, 0.4) is 0 Å². The summed E-state index contributed by atoms with van der Waals surface area (Å²) >= 11 is 0. The number of aryl methyl sites for hydroxylation is 1. The lowest BCUT2D eigenvalue weighted by molar-refractivity contribution is -0.167. The van der Waals surface area contributed by atoms with Gasteiger partial charge in [-0.1, -0.05) is 24.3 Å². The molecule has 0 aromatic heterocycles. The molecule has 1 aromatic rings. The number of rotatable bonds is 9. The van der Waals surface area contributed by atoms with Crippen molar-refractivity contribution >= 4 is 24.1 Å². The molecule has 0 aliphatic carbocycles. The number of benzene rings is 1. The van der Waals surface area contributed by atoms with E-state index in [1.54, 1.807) is 45.0 Å². The summed E-state index contributed by atoms with van der Waals surface area (Å²) < 4.78 is 9.76. The topological polar surface area (TPSA) is 98.8 Å².